The number of aliphatic hydroxyl groups excluding tert-OH is 1. The summed E-state index contributed by atoms with van der Waals surface area (Å²) in [4.78, 5) is 22.4. The van der Waals surface area contributed by atoms with E-state index in [-0.39, 0.29) is 28.7 Å². The van der Waals surface area contributed by atoms with Crippen LogP contribution in [0.15, 0.2) is 67.0 Å². The van der Waals surface area contributed by atoms with Crippen LogP contribution in [0.2, 0.25) is 0 Å². The van der Waals surface area contributed by atoms with Gasteiger partial charge in [-0.1, -0.05) is 49.1 Å². The van der Waals surface area contributed by atoms with Crippen LogP contribution in [0, 0.1) is 18.6 Å². The van der Waals surface area contributed by atoms with Crippen molar-refractivity contribution in [1.82, 2.24) is 20.3 Å². The molecule has 2 atom stereocenters. The van der Waals surface area contributed by atoms with Crippen molar-refractivity contribution in [3.8, 4) is 22.9 Å². The second kappa shape index (κ2) is 14.3. The van der Waals surface area contributed by atoms with Gasteiger partial charge in [0.2, 0.25) is 0 Å². The zero-order valence-electron chi connectivity index (χ0n) is 26.3. The Morgan fingerprint density at radius 3 is 2.67 bits per heavy atom. The van der Waals surface area contributed by atoms with Crippen molar-refractivity contribution in [2.45, 2.75) is 63.9 Å². The second-order valence-corrected chi connectivity index (χ2v) is 12.1. The topological polar surface area (TPSA) is 123 Å². The molecule has 2 aromatic heterocycles. The smallest absolute Gasteiger partial charge is 0.307 e. The molecule has 8 nitrogen and oxygen atoms in total. The first kappa shape index (κ1) is 32.8. The molecule has 5 rings (SSSR count). The summed E-state index contributed by atoms with van der Waals surface area (Å²) in [6.07, 6.45) is 6.82. The number of aliphatic carboxylic acids is 1. The third kappa shape index (κ3) is 7.29. The number of benzene rings is 3. The molecular weight excluding hydrogens is 590 g/mol. The largest absolute Gasteiger partial charge is 0.481 e. The van der Waals surface area contributed by atoms with E-state index >= 15 is 8.78 Å². The molecule has 2 heterocycles. The fraction of sp³-hybridized carbons (Fsp3) is 0.333. The average Bonchev–Trinajstić information content (AvgIpc) is 3.70. The highest BCUT2D eigenvalue weighted by molar-refractivity contribution is 5.89. The predicted octanol–water partition coefficient (Wildman–Crippen LogP) is 7.40. The van der Waals surface area contributed by atoms with Gasteiger partial charge in [0.05, 0.1) is 18.1 Å². The number of unbranched alkanes of at least 4 members (excludes halogenated alkanes) is 2. The van der Waals surface area contributed by atoms with E-state index in [9.17, 15) is 15.0 Å². The molecule has 10 heteroatoms. The minimum atomic E-state index is -1.14. The Balaban J connectivity index is 1.43. The van der Waals surface area contributed by atoms with Gasteiger partial charge in [-0.15, -0.1) is 0 Å². The number of hydrogen-bond donors (Lipinski definition) is 5. The lowest BCUT2D eigenvalue weighted by molar-refractivity contribution is -0.136. The van der Waals surface area contributed by atoms with Crippen molar-refractivity contribution < 1.29 is 28.5 Å². The van der Waals surface area contributed by atoms with Crippen molar-refractivity contribution >= 4 is 16.9 Å². The van der Waals surface area contributed by atoms with Crippen LogP contribution in [0.5, 0.6) is 11.5 Å². The van der Waals surface area contributed by atoms with Gasteiger partial charge in [-0.05, 0) is 63.6 Å². The molecule has 0 radical (unpaired) electrons. The van der Waals surface area contributed by atoms with Gasteiger partial charge in [-0.3, -0.25) is 4.79 Å². The number of carbonyl (C=O) groups is 1. The highest BCUT2D eigenvalue weighted by Crippen LogP contribution is 2.39. The van der Waals surface area contributed by atoms with E-state index in [0.29, 0.717) is 23.3 Å². The number of aromatic amines is 2. The van der Waals surface area contributed by atoms with Crippen molar-refractivity contribution in [3.63, 3.8) is 0 Å². The van der Waals surface area contributed by atoms with Crippen LogP contribution in [-0.2, 0) is 16.6 Å². The van der Waals surface area contributed by atoms with E-state index in [4.69, 9.17) is 4.74 Å². The molecular formula is C36H40F2N4O4. The number of imidazole rings is 1. The molecule has 0 fully saturated rings. The monoisotopic (exact) mass is 630 g/mol. The fourth-order valence-electron chi connectivity index (χ4n) is 6.06. The summed E-state index contributed by atoms with van der Waals surface area (Å²) in [5.74, 6) is -2.21. The number of aryl methyl sites for hydroxylation is 1. The normalized spacial score (nSPS) is 13.5. The quantitative estimate of drug-likeness (QED) is 0.0769. The maximum atomic E-state index is 15.3. The zero-order valence-corrected chi connectivity index (χ0v) is 26.3. The molecule has 0 aliphatic heterocycles. The summed E-state index contributed by atoms with van der Waals surface area (Å²) in [6, 6.07) is 15.2. The highest BCUT2D eigenvalue weighted by atomic mass is 19.1. The molecule has 0 aliphatic carbocycles. The molecule has 0 saturated heterocycles. The van der Waals surface area contributed by atoms with Crippen molar-refractivity contribution in [2.24, 2.45) is 0 Å². The van der Waals surface area contributed by atoms with Crippen molar-refractivity contribution in [2.75, 3.05) is 13.6 Å². The van der Waals surface area contributed by atoms with E-state index < -0.39 is 29.4 Å². The number of halogens is 2. The van der Waals surface area contributed by atoms with Crippen molar-refractivity contribution in [1.29, 1.82) is 0 Å². The standard InChI is InChI=1S/C36H40F2N4O4/c1-22-8-7-9-23(16-22)36(2,14-6-4-5-10-24(43)20-39-3)32-21-41-35(42-32)28-17-25(11-12-29(28)37)46-34-27(18-33(44)45)26-13-15-40-31(26)19-30(34)38/h7-9,11-13,15-17,19,21,24,39-40,43H,4-6,10,14,18,20H2,1-3H3,(H,41,42)(H,44,45). The van der Waals surface area contributed by atoms with Crippen LogP contribution in [0.4, 0.5) is 8.78 Å². The number of aliphatic hydroxyl groups is 1. The lowest BCUT2D eigenvalue weighted by Gasteiger charge is -2.30. The third-order valence-electron chi connectivity index (χ3n) is 8.59. The van der Waals surface area contributed by atoms with Gasteiger partial charge in [-0.2, -0.15) is 0 Å². The number of hydrogen-bond acceptors (Lipinski definition) is 5. The molecule has 0 bridgehead atoms. The summed E-state index contributed by atoms with van der Waals surface area (Å²) in [5, 5.41) is 23.1. The first-order chi connectivity index (χ1) is 22.1. The van der Waals surface area contributed by atoms with Gasteiger partial charge < -0.3 is 30.2 Å². The molecule has 46 heavy (non-hydrogen) atoms. The lowest BCUT2D eigenvalue weighted by Crippen LogP contribution is -2.25. The number of aromatic nitrogens is 3. The fourth-order valence-corrected chi connectivity index (χ4v) is 6.06. The average molecular weight is 631 g/mol. The number of ether oxygens (including phenoxy) is 1. The SMILES string of the molecule is CNCC(O)CCCCCC(C)(c1cccc(C)c1)c1cnc(-c2cc(Oc3c(F)cc4[nH]ccc4c3CC(=O)O)ccc2F)[nH]1. The Morgan fingerprint density at radius 1 is 1.09 bits per heavy atom. The third-order valence-corrected chi connectivity index (χ3v) is 8.59. The number of rotatable bonds is 15. The molecule has 2 unspecified atom stereocenters. The number of fused-ring (bicyclic) bond motifs is 1. The number of nitrogens with zero attached hydrogens (tertiary/aromatic N) is 1. The van der Waals surface area contributed by atoms with Gasteiger partial charge in [0.15, 0.2) is 11.6 Å². The van der Waals surface area contributed by atoms with Crippen LogP contribution >= 0.6 is 0 Å². The Hall–Kier alpha value is -4.54. The van der Waals surface area contributed by atoms with Crippen LogP contribution in [0.1, 0.15) is 61.4 Å². The number of likely N-dealkylation sites (N-methyl/N-ethyl adjacent to an activating group) is 1. The molecule has 0 aliphatic rings. The first-order valence-corrected chi connectivity index (χ1v) is 15.5. The Labute approximate surface area is 266 Å². The Bertz CT molecular complexity index is 1820. The summed E-state index contributed by atoms with van der Waals surface area (Å²) in [5.41, 5.74) is 3.37. The van der Waals surface area contributed by atoms with Crippen molar-refractivity contribution in [3.05, 3.63) is 101 Å². The first-order valence-electron chi connectivity index (χ1n) is 15.5. The number of carboxylic acid groups (broad SMARTS) is 1. The van der Waals surface area contributed by atoms with Gasteiger partial charge in [0.25, 0.3) is 0 Å². The molecule has 0 amide bonds. The van der Waals surface area contributed by atoms with E-state index in [1.165, 1.54) is 24.3 Å². The van der Waals surface area contributed by atoms with Crippen LogP contribution in [0.3, 0.4) is 0 Å². The molecule has 5 N–H and O–H groups in total. The molecule has 3 aromatic carbocycles. The van der Waals surface area contributed by atoms with Gasteiger partial charge in [0, 0.05) is 52.6 Å². The second-order valence-electron chi connectivity index (χ2n) is 12.1. The van der Waals surface area contributed by atoms with Gasteiger partial charge in [-0.25, -0.2) is 13.8 Å². The van der Waals surface area contributed by atoms with E-state index in [2.05, 4.69) is 39.3 Å². The van der Waals surface area contributed by atoms with E-state index in [1.54, 1.807) is 18.5 Å². The number of nitrogens with one attached hydrogen (secondary N) is 3. The van der Waals surface area contributed by atoms with Crippen LogP contribution < -0.4 is 10.1 Å². The number of H-pyrrole nitrogens is 2. The Morgan fingerprint density at radius 2 is 1.91 bits per heavy atom. The predicted molar refractivity (Wildman–Crippen MR) is 174 cm³/mol. The van der Waals surface area contributed by atoms with E-state index in [1.807, 2.05) is 26.1 Å². The molecule has 0 saturated carbocycles. The summed E-state index contributed by atoms with van der Waals surface area (Å²) in [6.45, 7) is 4.76. The molecule has 0 spiro atoms. The summed E-state index contributed by atoms with van der Waals surface area (Å²) in [7, 11) is 1.83. The van der Waals surface area contributed by atoms with E-state index in [0.717, 1.165) is 48.9 Å². The summed E-state index contributed by atoms with van der Waals surface area (Å²) < 4.78 is 36.4. The maximum absolute atomic E-state index is 15.3. The number of carboxylic acids is 1. The van der Waals surface area contributed by atoms with Crippen LogP contribution in [0.25, 0.3) is 22.3 Å². The molecule has 242 valence electrons. The minimum absolute atomic E-state index is 0.136. The Kier molecular flexibility index (Phi) is 10.2. The van der Waals surface area contributed by atoms with Crippen LogP contribution in [-0.4, -0.2) is 50.8 Å². The maximum Gasteiger partial charge on any atom is 0.307 e. The highest BCUT2D eigenvalue weighted by Gasteiger charge is 2.31. The molecule has 5 aromatic rings. The lowest BCUT2D eigenvalue weighted by atomic mass is 9.75. The summed E-state index contributed by atoms with van der Waals surface area (Å²) >= 11 is 0. The van der Waals surface area contributed by atoms with Gasteiger partial charge >= 0.3 is 5.97 Å². The van der Waals surface area contributed by atoms with Gasteiger partial charge in [0.1, 0.15) is 17.4 Å². The minimum Gasteiger partial charge on any atom is -0.481 e. The zero-order chi connectivity index (χ0) is 32.8.